The van der Waals surface area contributed by atoms with Crippen LogP contribution in [-0.2, 0) is 52.4 Å². The van der Waals surface area contributed by atoms with Crippen molar-refractivity contribution in [2.75, 3.05) is 19.5 Å². The molecule has 0 bridgehead atoms. The standard InChI is InChI=1S/C18H26O11S/c1-9(19)25-8-13-15(26-10(2)20)16(27-11(3)21)17(28-12(4)22)18(29-13)30-7-6-14(23)24-5/h13,15-18H,6-8H2,1-5H3/t13-,15+,16+,17-,18-/m1/s1. The molecule has 0 N–H and O–H groups in total. The molecule has 0 aromatic carbocycles. The van der Waals surface area contributed by atoms with Crippen LogP contribution in [0.1, 0.15) is 34.1 Å². The molecule has 1 fully saturated rings. The molecule has 1 aliphatic heterocycles. The highest BCUT2D eigenvalue weighted by molar-refractivity contribution is 7.99. The third-order valence-electron chi connectivity index (χ3n) is 3.76. The summed E-state index contributed by atoms with van der Waals surface area (Å²) in [6, 6.07) is 0. The molecule has 0 spiro atoms. The molecule has 1 rings (SSSR count). The van der Waals surface area contributed by atoms with Gasteiger partial charge in [0.2, 0.25) is 0 Å². The van der Waals surface area contributed by atoms with Crippen molar-refractivity contribution >= 4 is 41.6 Å². The summed E-state index contributed by atoms with van der Waals surface area (Å²) < 4.78 is 31.3. The van der Waals surface area contributed by atoms with Crippen LogP contribution in [0.3, 0.4) is 0 Å². The van der Waals surface area contributed by atoms with Crippen molar-refractivity contribution in [3.05, 3.63) is 0 Å². The molecule has 0 saturated carbocycles. The van der Waals surface area contributed by atoms with Crippen molar-refractivity contribution in [2.24, 2.45) is 0 Å². The third-order valence-corrected chi connectivity index (χ3v) is 4.91. The van der Waals surface area contributed by atoms with Gasteiger partial charge in [-0.1, -0.05) is 0 Å². The van der Waals surface area contributed by atoms with E-state index in [1.807, 2.05) is 0 Å². The van der Waals surface area contributed by atoms with Crippen molar-refractivity contribution < 1.29 is 52.4 Å². The molecule has 0 radical (unpaired) electrons. The number of carbonyl (C=O) groups is 5. The Hall–Kier alpha value is -2.34. The quantitative estimate of drug-likeness (QED) is 0.354. The first-order valence-corrected chi connectivity index (χ1v) is 10.1. The van der Waals surface area contributed by atoms with Crippen molar-refractivity contribution in [3.8, 4) is 0 Å². The fourth-order valence-corrected chi connectivity index (χ4v) is 3.82. The lowest BCUT2D eigenvalue weighted by Crippen LogP contribution is -2.61. The minimum atomic E-state index is -1.22. The topological polar surface area (TPSA) is 141 Å². The molecule has 11 nitrogen and oxygen atoms in total. The van der Waals surface area contributed by atoms with Crippen LogP contribution in [0.25, 0.3) is 0 Å². The van der Waals surface area contributed by atoms with Gasteiger partial charge in [0.05, 0.1) is 13.5 Å². The summed E-state index contributed by atoms with van der Waals surface area (Å²) in [7, 11) is 1.25. The van der Waals surface area contributed by atoms with E-state index in [4.69, 9.17) is 23.7 Å². The van der Waals surface area contributed by atoms with E-state index in [1.54, 1.807) is 0 Å². The molecule has 0 aliphatic carbocycles. The van der Waals surface area contributed by atoms with Crippen molar-refractivity contribution in [1.29, 1.82) is 0 Å². The Bertz CT molecular complexity index is 650. The molecule has 1 saturated heterocycles. The van der Waals surface area contributed by atoms with Crippen LogP contribution >= 0.6 is 11.8 Å². The molecule has 0 amide bonds. The summed E-state index contributed by atoms with van der Waals surface area (Å²) >= 11 is 1.11. The first-order chi connectivity index (χ1) is 14.0. The second kappa shape index (κ2) is 12.4. The van der Waals surface area contributed by atoms with E-state index in [1.165, 1.54) is 14.0 Å². The molecule has 170 valence electrons. The Morgan fingerprint density at radius 1 is 0.800 bits per heavy atom. The van der Waals surface area contributed by atoms with Gasteiger partial charge in [-0.15, -0.1) is 11.8 Å². The predicted molar refractivity (Wildman–Crippen MR) is 101 cm³/mol. The Kier molecular flexibility index (Phi) is 10.6. The number of hydrogen-bond donors (Lipinski definition) is 0. The van der Waals surface area contributed by atoms with E-state index >= 15 is 0 Å². The summed E-state index contributed by atoms with van der Waals surface area (Å²) in [5.41, 5.74) is -0.907. The van der Waals surface area contributed by atoms with Crippen LogP contribution in [0.5, 0.6) is 0 Å². The molecule has 5 atom stereocenters. The number of methoxy groups -OCH3 is 1. The first kappa shape index (κ1) is 25.7. The number of rotatable bonds is 9. The zero-order valence-electron chi connectivity index (χ0n) is 17.4. The van der Waals surface area contributed by atoms with Gasteiger partial charge in [-0.25, -0.2) is 0 Å². The van der Waals surface area contributed by atoms with Gasteiger partial charge >= 0.3 is 29.8 Å². The highest BCUT2D eigenvalue weighted by atomic mass is 32.2. The third kappa shape index (κ3) is 8.57. The van der Waals surface area contributed by atoms with Crippen LogP contribution in [-0.4, -0.2) is 79.2 Å². The lowest BCUT2D eigenvalue weighted by Gasteiger charge is -2.44. The maximum absolute atomic E-state index is 11.7. The van der Waals surface area contributed by atoms with Gasteiger partial charge in [0.25, 0.3) is 0 Å². The van der Waals surface area contributed by atoms with Gasteiger partial charge in [0.15, 0.2) is 18.3 Å². The molecule has 0 aromatic rings. The molecule has 0 aromatic heterocycles. The Labute approximate surface area is 178 Å². The van der Waals surface area contributed by atoms with E-state index < -0.39 is 59.7 Å². The van der Waals surface area contributed by atoms with Crippen LogP contribution in [0.4, 0.5) is 0 Å². The van der Waals surface area contributed by atoms with E-state index in [9.17, 15) is 24.0 Å². The normalized spacial score (nSPS) is 25.6. The molecular weight excluding hydrogens is 424 g/mol. The number of esters is 5. The highest BCUT2D eigenvalue weighted by Gasteiger charge is 2.52. The summed E-state index contributed by atoms with van der Waals surface area (Å²) in [5, 5.41) is 0. The van der Waals surface area contributed by atoms with E-state index in [0.717, 1.165) is 32.5 Å². The average molecular weight is 450 g/mol. The van der Waals surface area contributed by atoms with Crippen LogP contribution in [0.15, 0.2) is 0 Å². The first-order valence-electron chi connectivity index (χ1n) is 9.04. The van der Waals surface area contributed by atoms with E-state index in [2.05, 4.69) is 4.74 Å². The lowest BCUT2D eigenvalue weighted by molar-refractivity contribution is -0.237. The summed E-state index contributed by atoms with van der Waals surface area (Å²) in [6.45, 7) is 4.34. The molecule has 1 heterocycles. The van der Waals surface area contributed by atoms with Gasteiger partial charge in [-0.05, 0) is 0 Å². The van der Waals surface area contributed by atoms with Gasteiger partial charge < -0.3 is 28.4 Å². The fraction of sp³-hybridized carbons (Fsp3) is 0.722. The Morgan fingerprint density at radius 2 is 1.33 bits per heavy atom. The lowest BCUT2D eigenvalue weighted by atomic mass is 9.99. The number of thioether (sulfide) groups is 1. The van der Waals surface area contributed by atoms with Gasteiger partial charge in [-0.3, -0.25) is 24.0 Å². The Morgan fingerprint density at radius 3 is 1.83 bits per heavy atom. The average Bonchev–Trinajstić information content (AvgIpc) is 2.63. The maximum atomic E-state index is 11.7. The second-order valence-corrected chi connectivity index (χ2v) is 7.47. The van der Waals surface area contributed by atoms with Crippen LogP contribution < -0.4 is 0 Å². The zero-order chi connectivity index (χ0) is 22.8. The summed E-state index contributed by atoms with van der Waals surface area (Å²) in [5.74, 6) is -2.90. The van der Waals surface area contributed by atoms with Gasteiger partial charge in [0, 0.05) is 33.4 Å². The van der Waals surface area contributed by atoms with Crippen LogP contribution in [0, 0.1) is 0 Å². The SMILES string of the molecule is COC(=O)CCS[C@H]1O[C@H](COC(C)=O)[C@H](OC(C)=O)[C@H](OC(C)=O)[C@H]1OC(C)=O. The van der Waals surface area contributed by atoms with Crippen LogP contribution in [0.2, 0.25) is 0 Å². The Balaban J connectivity index is 3.20. The van der Waals surface area contributed by atoms with E-state index in [-0.39, 0.29) is 18.8 Å². The number of carbonyl (C=O) groups excluding carboxylic acids is 5. The van der Waals surface area contributed by atoms with E-state index in [0.29, 0.717) is 0 Å². The molecule has 30 heavy (non-hydrogen) atoms. The smallest absolute Gasteiger partial charge is 0.306 e. The van der Waals surface area contributed by atoms with Crippen molar-refractivity contribution in [2.45, 2.75) is 64.0 Å². The second-order valence-electron chi connectivity index (χ2n) is 6.26. The molecular formula is C18H26O11S. The van der Waals surface area contributed by atoms with Gasteiger partial charge in [0.1, 0.15) is 18.1 Å². The maximum Gasteiger partial charge on any atom is 0.306 e. The monoisotopic (exact) mass is 450 g/mol. The minimum absolute atomic E-state index is 0.0496. The van der Waals surface area contributed by atoms with Gasteiger partial charge in [-0.2, -0.15) is 0 Å². The minimum Gasteiger partial charge on any atom is -0.469 e. The fourth-order valence-electron chi connectivity index (χ4n) is 2.68. The highest BCUT2D eigenvalue weighted by Crippen LogP contribution is 2.34. The number of hydrogen-bond acceptors (Lipinski definition) is 12. The molecule has 1 aliphatic rings. The van der Waals surface area contributed by atoms with Crippen molar-refractivity contribution in [1.82, 2.24) is 0 Å². The summed E-state index contributed by atoms with van der Waals surface area (Å²) in [6.07, 6.45) is -4.53. The largest absolute Gasteiger partial charge is 0.469 e. The van der Waals surface area contributed by atoms with Crippen molar-refractivity contribution in [3.63, 3.8) is 0 Å². The summed E-state index contributed by atoms with van der Waals surface area (Å²) in [4.78, 5) is 57.6. The predicted octanol–water partition coefficient (Wildman–Crippen LogP) is 0.366. The zero-order valence-corrected chi connectivity index (χ0v) is 18.2. The molecule has 0 unspecified atom stereocenters. The molecule has 12 heteroatoms. The number of ether oxygens (including phenoxy) is 6.